The summed E-state index contributed by atoms with van der Waals surface area (Å²) in [5.41, 5.74) is 7.02. The van der Waals surface area contributed by atoms with Crippen molar-refractivity contribution in [2.75, 3.05) is 11.1 Å². The van der Waals surface area contributed by atoms with E-state index >= 15 is 0 Å². The summed E-state index contributed by atoms with van der Waals surface area (Å²) < 4.78 is 5.59. The van der Waals surface area contributed by atoms with Gasteiger partial charge in [-0.05, 0) is 37.0 Å². The Hall–Kier alpha value is -1.57. The molecular weight excluding hydrogens is 360 g/mol. The second kappa shape index (κ2) is 9.79. The highest BCUT2D eigenvalue weighted by molar-refractivity contribution is 7.99. The monoisotopic (exact) mass is 384 g/mol. The van der Waals surface area contributed by atoms with Gasteiger partial charge in [0, 0.05) is 12.1 Å². The number of aryl methyl sites for hydroxylation is 2. The Morgan fingerprint density at radius 1 is 1.32 bits per heavy atom. The second-order valence-electron chi connectivity index (χ2n) is 6.39. The molecule has 0 aliphatic carbocycles. The van der Waals surface area contributed by atoms with Crippen LogP contribution < -0.4 is 23.5 Å². The van der Waals surface area contributed by atoms with Gasteiger partial charge in [-0.25, -0.2) is 0 Å². The molecule has 0 saturated heterocycles. The number of quaternary nitrogens is 1. The molecule has 0 aliphatic heterocycles. The zero-order valence-electron chi connectivity index (χ0n) is 15.0. The van der Waals surface area contributed by atoms with Gasteiger partial charge in [-0.1, -0.05) is 37.7 Å². The Balaban J connectivity index is 0.00000312. The molecule has 138 valence electrons. The summed E-state index contributed by atoms with van der Waals surface area (Å²) in [4.78, 5) is 12.1. The molecule has 1 atom stereocenters. The molecule has 0 unspecified atom stereocenters. The van der Waals surface area contributed by atoms with Crippen molar-refractivity contribution in [2.24, 2.45) is 5.92 Å². The van der Waals surface area contributed by atoms with Crippen molar-refractivity contribution >= 4 is 23.4 Å². The third kappa shape index (κ3) is 6.68. The van der Waals surface area contributed by atoms with E-state index in [-0.39, 0.29) is 30.1 Å². The number of aromatic nitrogens is 2. The number of benzene rings is 1. The molecule has 1 heterocycles. The average molecular weight is 385 g/mol. The third-order valence-electron chi connectivity index (χ3n) is 3.52. The lowest BCUT2D eigenvalue weighted by atomic mass is 10.1. The second-order valence-corrected chi connectivity index (χ2v) is 7.31. The van der Waals surface area contributed by atoms with Crippen LogP contribution in [0.1, 0.15) is 43.3 Å². The summed E-state index contributed by atoms with van der Waals surface area (Å²) in [7, 11) is 0. The minimum atomic E-state index is -0.0956. The van der Waals surface area contributed by atoms with Crippen LogP contribution in [0.4, 0.5) is 5.69 Å². The Morgan fingerprint density at radius 2 is 2.04 bits per heavy atom. The number of rotatable bonds is 7. The number of nitrogens with one attached hydrogen (secondary N) is 1. The molecule has 0 radical (unpaired) electrons. The summed E-state index contributed by atoms with van der Waals surface area (Å²) in [5, 5.41) is 11.3. The van der Waals surface area contributed by atoms with E-state index in [4.69, 9.17) is 4.42 Å². The maximum atomic E-state index is 12.1. The van der Waals surface area contributed by atoms with Crippen molar-refractivity contribution < 1.29 is 27.4 Å². The van der Waals surface area contributed by atoms with Gasteiger partial charge in [0.05, 0.1) is 5.75 Å². The number of hydrogen-bond acceptors (Lipinski definition) is 5. The van der Waals surface area contributed by atoms with Crippen molar-refractivity contribution in [1.29, 1.82) is 0 Å². The predicted molar refractivity (Wildman–Crippen MR) is 94.7 cm³/mol. The molecule has 0 aliphatic rings. The summed E-state index contributed by atoms with van der Waals surface area (Å²) >= 11 is 1.23. The van der Waals surface area contributed by atoms with Crippen LogP contribution in [-0.2, 0) is 4.79 Å². The molecule has 6 nitrogen and oxygen atoms in total. The van der Waals surface area contributed by atoms with Gasteiger partial charge in [-0.3, -0.25) is 4.79 Å². The molecule has 2 aromatic rings. The fourth-order valence-electron chi connectivity index (χ4n) is 2.30. The number of carbonyl (C=O) groups excluding carboxylic acids is 1. The van der Waals surface area contributed by atoms with Gasteiger partial charge >= 0.3 is 0 Å². The highest BCUT2D eigenvalue weighted by Crippen LogP contribution is 2.22. The summed E-state index contributed by atoms with van der Waals surface area (Å²) in [6.45, 7) is 8.22. The molecule has 0 spiro atoms. The van der Waals surface area contributed by atoms with Gasteiger partial charge < -0.3 is 27.9 Å². The maximum Gasteiger partial charge on any atom is 0.277 e. The first kappa shape index (κ1) is 21.5. The normalized spacial score (nSPS) is 11.9. The van der Waals surface area contributed by atoms with Crippen molar-refractivity contribution in [3.8, 4) is 0 Å². The summed E-state index contributed by atoms with van der Waals surface area (Å²) in [5.74, 6) is 1.17. The lowest BCUT2D eigenvalue weighted by Crippen LogP contribution is -3.00. The van der Waals surface area contributed by atoms with Crippen molar-refractivity contribution in [3.63, 3.8) is 0 Å². The zero-order valence-corrected chi connectivity index (χ0v) is 16.6. The quantitative estimate of drug-likeness (QED) is 0.642. The highest BCUT2D eigenvalue weighted by atomic mass is 35.5. The molecule has 0 saturated carbocycles. The number of hydrogen-bond donors (Lipinski definition) is 2. The van der Waals surface area contributed by atoms with Gasteiger partial charge in [0.2, 0.25) is 5.91 Å². The molecule has 0 bridgehead atoms. The van der Waals surface area contributed by atoms with Gasteiger partial charge in [0.15, 0.2) is 6.04 Å². The number of amides is 1. The largest absolute Gasteiger partial charge is 1.00 e. The Morgan fingerprint density at radius 3 is 2.72 bits per heavy atom. The van der Waals surface area contributed by atoms with Crippen molar-refractivity contribution in [2.45, 2.75) is 45.4 Å². The van der Waals surface area contributed by atoms with Crippen LogP contribution in [0.15, 0.2) is 27.8 Å². The van der Waals surface area contributed by atoms with Crippen LogP contribution in [0.3, 0.4) is 0 Å². The van der Waals surface area contributed by atoms with E-state index in [9.17, 15) is 4.79 Å². The van der Waals surface area contributed by atoms with Crippen molar-refractivity contribution in [3.05, 3.63) is 35.2 Å². The van der Waals surface area contributed by atoms with Crippen LogP contribution in [0.5, 0.6) is 0 Å². The molecule has 25 heavy (non-hydrogen) atoms. The van der Waals surface area contributed by atoms with Crippen LogP contribution in [0, 0.1) is 19.8 Å². The predicted octanol–water partition coefficient (Wildman–Crippen LogP) is -0.250. The molecule has 1 aromatic carbocycles. The smallest absolute Gasteiger partial charge is 0.277 e. The lowest BCUT2D eigenvalue weighted by Gasteiger charge is -2.08. The van der Waals surface area contributed by atoms with Crippen LogP contribution in [0.25, 0.3) is 0 Å². The standard InChI is InChI=1S/C17H24N4O2S.ClH/c1-10(2)7-13(18)16-20-21-17(23-16)24-9-15(22)19-14-8-11(3)5-6-12(14)4;/h5-6,8,10,13H,7,9,18H2,1-4H3,(H,19,22);1H/t13-;/m0./s1. The first-order valence-electron chi connectivity index (χ1n) is 8.01. The van der Waals surface area contributed by atoms with E-state index < -0.39 is 0 Å². The van der Waals surface area contributed by atoms with E-state index in [0.717, 1.165) is 23.2 Å². The lowest BCUT2D eigenvalue weighted by molar-refractivity contribution is -0.435. The van der Waals surface area contributed by atoms with E-state index in [1.165, 1.54) is 11.8 Å². The molecule has 1 amide bonds. The van der Waals surface area contributed by atoms with Gasteiger partial charge in [-0.2, -0.15) is 0 Å². The third-order valence-corrected chi connectivity index (χ3v) is 4.34. The fourth-order valence-corrected chi connectivity index (χ4v) is 2.87. The van der Waals surface area contributed by atoms with Gasteiger partial charge in [0.25, 0.3) is 11.1 Å². The molecular formula is C17H25ClN4O2S. The van der Waals surface area contributed by atoms with E-state index in [0.29, 0.717) is 17.0 Å². The van der Waals surface area contributed by atoms with Gasteiger partial charge in [0.1, 0.15) is 0 Å². The Labute approximate surface area is 158 Å². The molecule has 0 fully saturated rings. The van der Waals surface area contributed by atoms with Crippen LogP contribution >= 0.6 is 11.8 Å². The van der Waals surface area contributed by atoms with E-state index in [1.54, 1.807) is 0 Å². The number of nitrogens with zero attached hydrogens (tertiary/aromatic N) is 2. The topological polar surface area (TPSA) is 95.7 Å². The molecule has 1 aromatic heterocycles. The molecule has 8 heteroatoms. The number of thioether (sulfide) groups is 1. The minimum Gasteiger partial charge on any atom is -1.00 e. The average Bonchev–Trinajstić information content (AvgIpc) is 2.97. The van der Waals surface area contributed by atoms with Crippen LogP contribution in [0.2, 0.25) is 0 Å². The fraction of sp³-hybridized carbons (Fsp3) is 0.471. The number of halogens is 1. The molecule has 2 rings (SSSR count). The van der Waals surface area contributed by atoms with Gasteiger partial charge in [-0.15, -0.1) is 10.2 Å². The van der Waals surface area contributed by atoms with E-state index in [2.05, 4.69) is 35.1 Å². The number of anilines is 1. The minimum absolute atomic E-state index is 0. The highest BCUT2D eigenvalue weighted by Gasteiger charge is 2.19. The van der Waals surface area contributed by atoms with Crippen molar-refractivity contribution in [1.82, 2.24) is 10.2 Å². The Kier molecular flexibility index (Phi) is 8.41. The SMILES string of the molecule is Cc1ccc(C)c(NC(=O)CSc2nnc([C@@H]([NH3+])CC(C)C)o2)c1.[Cl-]. The number of carbonyl (C=O) groups is 1. The summed E-state index contributed by atoms with van der Waals surface area (Å²) in [6, 6.07) is 5.95. The maximum absolute atomic E-state index is 12.1. The zero-order chi connectivity index (χ0) is 17.7. The van der Waals surface area contributed by atoms with Crippen LogP contribution in [-0.4, -0.2) is 21.9 Å². The molecule has 4 N–H and O–H groups in total. The first-order chi connectivity index (χ1) is 11.3. The summed E-state index contributed by atoms with van der Waals surface area (Å²) in [6.07, 6.45) is 0.888. The Bertz CT molecular complexity index is 706. The van der Waals surface area contributed by atoms with E-state index in [1.807, 2.05) is 32.0 Å². The first-order valence-corrected chi connectivity index (χ1v) is 9.00.